The fraction of sp³-hybridized carbons (Fsp3) is 0.571. The first kappa shape index (κ1) is 12.9. The lowest BCUT2D eigenvalue weighted by atomic mass is 9.96. The normalized spacial score (nSPS) is 15.9. The number of carbonyl (C=O) groups excluding carboxylic acids is 2. The van der Waals surface area contributed by atoms with E-state index in [-0.39, 0.29) is 17.5 Å². The minimum absolute atomic E-state index is 0.0136. The van der Waals surface area contributed by atoms with Crippen LogP contribution in [0.25, 0.3) is 0 Å². The van der Waals surface area contributed by atoms with Gasteiger partial charge in [0.05, 0.1) is 5.57 Å². The number of allylic oxidation sites excluding steroid dienone is 4. The van der Waals surface area contributed by atoms with E-state index in [1.807, 2.05) is 27.7 Å². The van der Waals surface area contributed by atoms with E-state index in [1.165, 1.54) is 5.57 Å². The number of rotatable bonds is 4. The molecule has 0 spiro atoms. The molecule has 0 N–H and O–H groups in total. The van der Waals surface area contributed by atoms with Crippen molar-refractivity contribution in [2.75, 3.05) is 0 Å². The lowest BCUT2D eigenvalue weighted by Gasteiger charge is -2.06. The van der Waals surface area contributed by atoms with Crippen molar-refractivity contribution in [1.82, 2.24) is 0 Å². The van der Waals surface area contributed by atoms with Crippen molar-refractivity contribution in [2.45, 2.75) is 47.0 Å². The molecule has 2 heteroatoms. The highest BCUT2D eigenvalue weighted by molar-refractivity contribution is 6.22. The summed E-state index contributed by atoms with van der Waals surface area (Å²) >= 11 is 0. The Kier molecular flexibility index (Phi) is 4.22. The zero-order valence-corrected chi connectivity index (χ0v) is 10.6. The molecule has 0 aromatic carbocycles. The summed E-state index contributed by atoms with van der Waals surface area (Å²) in [6.07, 6.45) is 4.11. The van der Waals surface area contributed by atoms with Gasteiger partial charge in [-0.25, -0.2) is 0 Å². The SMILES string of the molecule is CC(C)=CCC1=C(C(=O)C(C)C)C(=O)CC1. The predicted octanol–water partition coefficient (Wildman–Crippen LogP) is 3.23. The second-order valence-electron chi connectivity index (χ2n) is 4.91. The third-order valence-electron chi connectivity index (χ3n) is 2.81. The van der Waals surface area contributed by atoms with E-state index in [0.717, 1.165) is 18.4 Å². The second-order valence-corrected chi connectivity index (χ2v) is 4.91. The topological polar surface area (TPSA) is 34.1 Å². The highest BCUT2D eigenvalue weighted by Crippen LogP contribution is 2.28. The predicted molar refractivity (Wildman–Crippen MR) is 65.2 cm³/mol. The van der Waals surface area contributed by atoms with Crippen LogP contribution in [0.5, 0.6) is 0 Å². The van der Waals surface area contributed by atoms with Crippen LogP contribution in [0.3, 0.4) is 0 Å². The third-order valence-corrected chi connectivity index (χ3v) is 2.81. The molecule has 1 aliphatic rings. The van der Waals surface area contributed by atoms with Gasteiger partial charge < -0.3 is 0 Å². The van der Waals surface area contributed by atoms with Gasteiger partial charge in [-0.15, -0.1) is 0 Å². The molecule has 0 radical (unpaired) electrons. The number of hydrogen-bond acceptors (Lipinski definition) is 2. The lowest BCUT2D eigenvalue weighted by molar-refractivity contribution is -0.122. The van der Waals surface area contributed by atoms with Crippen molar-refractivity contribution < 1.29 is 9.59 Å². The molecule has 0 aromatic heterocycles. The molecule has 0 aromatic rings. The van der Waals surface area contributed by atoms with Gasteiger partial charge in [-0.3, -0.25) is 9.59 Å². The Morgan fingerprint density at radius 3 is 2.44 bits per heavy atom. The maximum absolute atomic E-state index is 11.9. The van der Waals surface area contributed by atoms with Gasteiger partial charge in [0.1, 0.15) is 0 Å². The van der Waals surface area contributed by atoms with Crippen LogP contribution in [-0.2, 0) is 9.59 Å². The van der Waals surface area contributed by atoms with E-state index in [4.69, 9.17) is 0 Å². The molecule has 16 heavy (non-hydrogen) atoms. The van der Waals surface area contributed by atoms with Gasteiger partial charge in [0.2, 0.25) is 0 Å². The van der Waals surface area contributed by atoms with E-state index in [2.05, 4.69) is 6.08 Å². The van der Waals surface area contributed by atoms with Gasteiger partial charge in [0.25, 0.3) is 0 Å². The summed E-state index contributed by atoms with van der Waals surface area (Å²) in [7, 11) is 0. The lowest BCUT2D eigenvalue weighted by Crippen LogP contribution is -2.15. The Balaban J connectivity index is 2.96. The quantitative estimate of drug-likeness (QED) is 0.538. The summed E-state index contributed by atoms with van der Waals surface area (Å²) in [4.78, 5) is 23.6. The van der Waals surface area contributed by atoms with Crippen LogP contribution in [-0.4, -0.2) is 11.6 Å². The molecule has 88 valence electrons. The third kappa shape index (κ3) is 2.91. The number of Topliss-reactive ketones (excluding diaryl/α,β-unsaturated/α-hetero) is 2. The van der Waals surface area contributed by atoms with Gasteiger partial charge in [0, 0.05) is 12.3 Å². The molecule has 0 heterocycles. The zero-order valence-electron chi connectivity index (χ0n) is 10.6. The molecule has 2 nitrogen and oxygen atoms in total. The fourth-order valence-electron chi connectivity index (χ4n) is 1.84. The highest BCUT2D eigenvalue weighted by Gasteiger charge is 2.28. The number of ketones is 2. The van der Waals surface area contributed by atoms with Crippen molar-refractivity contribution in [3.8, 4) is 0 Å². The average Bonchev–Trinajstić information content (AvgIpc) is 2.55. The van der Waals surface area contributed by atoms with E-state index >= 15 is 0 Å². The van der Waals surface area contributed by atoms with Crippen LogP contribution in [0.15, 0.2) is 22.8 Å². The van der Waals surface area contributed by atoms with Crippen molar-refractivity contribution in [1.29, 1.82) is 0 Å². The standard InChI is InChI=1S/C14H20O2/c1-9(2)5-6-11-7-8-12(15)13(11)14(16)10(3)4/h5,10H,6-8H2,1-4H3. The van der Waals surface area contributed by atoms with Crippen LogP contribution in [0.2, 0.25) is 0 Å². The maximum atomic E-state index is 11.9. The van der Waals surface area contributed by atoms with Crippen molar-refractivity contribution in [2.24, 2.45) is 5.92 Å². The summed E-state index contributed by atoms with van der Waals surface area (Å²) in [5.74, 6) is -0.0331. The molecule has 0 saturated heterocycles. The smallest absolute Gasteiger partial charge is 0.168 e. The van der Waals surface area contributed by atoms with Crippen LogP contribution < -0.4 is 0 Å². The Hall–Kier alpha value is -1.18. The zero-order chi connectivity index (χ0) is 12.3. The molecule has 0 saturated carbocycles. The molecule has 0 bridgehead atoms. The molecular weight excluding hydrogens is 200 g/mol. The Bertz CT molecular complexity index is 366. The Morgan fingerprint density at radius 2 is 1.94 bits per heavy atom. The van der Waals surface area contributed by atoms with Crippen LogP contribution >= 0.6 is 0 Å². The first-order valence-corrected chi connectivity index (χ1v) is 5.86. The van der Waals surface area contributed by atoms with Crippen LogP contribution in [0.4, 0.5) is 0 Å². The van der Waals surface area contributed by atoms with Gasteiger partial charge in [0.15, 0.2) is 11.6 Å². The minimum atomic E-state index is -0.0845. The monoisotopic (exact) mass is 220 g/mol. The first-order valence-electron chi connectivity index (χ1n) is 5.86. The van der Waals surface area contributed by atoms with Gasteiger partial charge >= 0.3 is 0 Å². The number of carbonyl (C=O) groups is 2. The largest absolute Gasteiger partial charge is 0.294 e. The molecule has 1 aliphatic carbocycles. The van der Waals surface area contributed by atoms with Crippen molar-refractivity contribution >= 4 is 11.6 Å². The molecule has 0 atom stereocenters. The average molecular weight is 220 g/mol. The Labute approximate surface area is 97.4 Å². The molecule has 0 aliphatic heterocycles. The minimum Gasteiger partial charge on any atom is -0.294 e. The molecule has 0 fully saturated rings. The Morgan fingerprint density at radius 1 is 1.31 bits per heavy atom. The first-order chi connectivity index (χ1) is 7.43. The molecule has 0 amide bonds. The number of hydrogen-bond donors (Lipinski definition) is 0. The van der Waals surface area contributed by atoms with E-state index in [1.54, 1.807) is 0 Å². The molecule has 0 unspecified atom stereocenters. The summed E-state index contributed by atoms with van der Waals surface area (Å²) < 4.78 is 0. The fourth-order valence-corrected chi connectivity index (χ4v) is 1.84. The van der Waals surface area contributed by atoms with Crippen molar-refractivity contribution in [3.05, 3.63) is 22.8 Å². The van der Waals surface area contributed by atoms with Crippen LogP contribution in [0.1, 0.15) is 47.0 Å². The van der Waals surface area contributed by atoms with Crippen LogP contribution in [0, 0.1) is 5.92 Å². The van der Waals surface area contributed by atoms with E-state index in [0.29, 0.717) is 12.0 Å². The van der Waals surface area contributed by atoms with Gasteiger partial charge in [-0.2, -0.15) is 0 Å². The molecular formula is C14H20O2. The second kappa shape index (κ2) is 5.24. The van der Waals surface area contributed by atoms with Gasteiger partial charge in [-0.05, 0) is 26.7 Å². The maximum Gasteiger partial charge on any atom is 0.168 e. The van der Waals surface area contributed by atoms with Crippen molar-refractivity contribution in [3.63, 3.8) is 0 Å². The summed E-state index contributed by atoms with van der Waals surface area (Å²) in [5, 5.41) is 0. The summed E-state index contributed by atoms with van der Waals surface area (Å²) in [6, 6.07) is 0. The summed E-state index contributed by atoms with van der Waals surface area (Å²) in [5.41, 5.74) is 2.75. The van der Waals surface area contributed by atoms with Gasteiger partial charge in [-0.1, -0.05) is 31.1 Å². The highest BCUT2D eigenvalue weighted by atomic mass is 16.1. The summed E-state index contributed by atoms with van der Waals surface area (Å²) in [6.45, 7) is 7.75. The van der Waals surface area contributed by atoms with E-state index in [9.17, 15) is 9.59 Å². The molecule has 1 rings (SSSR count). The van der Waals surface area contributed by atoms with E-state index < -0.39 is 0 Å².